The Hall–Kier alpha value is -2.18. The van der Waals surface area contributed by atoms with Crippen LogP contribution < -0.4 is 5.32 Å². The molecule has 0 bridgehead atoms. The zero-order valence-corrected chi connectivity index (χ0v) is 13.8. The number of hydrogen-bond acceptors (Lipinski definition) is 3. The minimum absolute atomic E-state index is 0.00320. The smallest absolute Gasteiger partial charge is 0.340 e. The predicted octanol–water partition coefficient (Wildman–Crippen LogP) is 4.46. The van der Waals surface area contributed by atoms with Crippen LogP contribution in [-0.4, -0.2) is 18.0 Å². The summed E-state index contributed by atoms with van der Waals surface area (Å²) in [5.41, 5.74) is 0.100. The van der Waals surface area contributed by atoms with Crippen molar-refractivity contribution >= 4 is 40.8 Å². The molecule has 24 heavy (non-hydrogen) atoms. The second kappa shape index (κ2) is 7.59. The SMILES string of the molecule is CC(OC(=O)c1ccc(F)cc1Cl)C(=O)Nc1ccc(F)cc1Cl. The second-order valence-corrected chi connectivity index (χ2v) is 5.60. The Balaban J connectivity index is 2.04. The van der Waals surface area contributed by atoms with E-state index in [0.29, 0.717) is 0 Å². The van der Waals surface area contributed by atoms with E-state index < -0.39 is 29.6 Å². The van der Waals surface area contributed by atoms with Crippen LogP contribution in [0.4, 0.5) is 14.5 Å². The highest BCUT2D eigenvalue weighted by Crippen LogP contribution is 2.23. The van der Waals surface area contributed by atoms with Crippen molar-refractivity contribution in [3.8, 4) is 0 Å². The molecule has 0 fully saturated rings. The fourth-order valence-corrected chi connectivity index (χ4v) is 2.22. The Labute approximate surface area is 146 Å². The van der Waals surface area contributed by atoms with Gasteiger partial charge in [0.05, 0.1) is 21.3 Å². The molecule has 0 aliphatic carbocycles. The van der Waals surface area contributed by atoms with E-state index in [0.717, 1.165) is 30.3 Å². The summed E-state index contributed by atoms with van der Waals surface area (Å²) >= 11 is 11.6. The molecule has 2 rings (SSSR count). The van der Waals surface area contributed by atoms with Crippen LogP contribution in [0.1, 0.15) is 17.3 Å². The van der Waals surface area contributed by atoms with E-state index in [2.05, 4.69) is 5.32 Å². The monoisotopic (exact) mass is 373 g/mol. The molecule has 0 saturated heterocycles. The molecular formula is C16H11Cl2F2NO3. The maximum absolute atomic E-state index is 13.0. The number of halogens is 4. The lowest BCUT2D eigenvalue weighted by atomic mass is 10.2. The highest BCUT2D eigenvalue weighted by Gasteiger charge is 2.21. The van der Waals surface area contributed by atoms with E-state index in [1.54, 1.807) is 0 Å². The molecule has 8 heteroatoms. The van der Waals surface area contributed by atoms with Crippen LogP contribution in [0.15, 0.2) is 36.4 Å². The lowest BCUT2D eigenvalue weighted by Crippen LogP contribution is -2.30. The van der Waals surface area contributed by atoms with Crippen molar-refractivity contribution in [3.05, 3.63) is 63.6 Å². The lowest BCUT2D eigenvalue weighted by molar-refractivity contribution is -0.123. The number of hydrogen-bond donors (Lipinski definition) is 1. The molecule has 2 aromatic carbocycles. The summed E-state index contributed by atoms with van der Waals surface area (Å²) in [6.07, 6.45) is -1.18. The van der Waals surface area contributed by atoms with Gasteiger partial charge in [-0.3, -0.25) is 4.79 Å². The quantitative estimate of drug-likeness (QED) is 0.805. The Bertz CT molecular complexity index is 799. The number of amides is 1. The standard InChI is InChI=1S/C16H11Cl2F2NO3/c1-8(15(22)21-14-5-3-10(20)7-13(14)18)24-16(23)11-4-2-9(19)6-12(11)17/h2-8H,1H3,(H,21,22). The van der Waals surface area contributed by atoms with Crippen LogP contribution in [0.3, 0.4) is 0 Å². The fraction of sp³-hybridized carbons (Fsp3) is 0.125. The summed E-state index contributed by atoms with van der Waals surface area (Å²) in [6.45, 7) is 1.34. The van der Waals surface area contributed by atoms with Gasteiger partial charge in [-0.05, 0) is 43.3 Å². The van der Waals surface area contributed by atoms with Crippen molar-refractivity contribution in [2.45, 2.75) is 13.0 Å². The van der Waals surface area contributed by atoms with E-state index >= 15 is 0 Å². The molecule has 0 aromatic heterocycles. The molecule has 1 N–H and O–H groups in total. The maximum Gasteiger partial charge on any atom is 0.340 e. The van der Waals surface area contributed by atoms with Crippen molar-refractivity contribution in [2.75, 3.05) is 5.32 Å². The summed E-state index contributed by atoms with van der Waals surface area (Å²) in [6, 6.07) is 6.59. The topological polar surface area (TPSA) is 55.4 Å². The van der Waals surface area contributed by atoms with Gasteiger partial charge in [-0.1, -0.05) is 23.2 Å². The average Bonchev–Trinajstić information content (AvgIpc) is 2.49. The van der Waals surface area contributed by atoms with Gasteiger partial charge in [-0.15, -0.1) is 0 Å². The molecule has 0 heterocycles. The number of carbonyl (C=O) groups is 2. The summed E-state index contributed by atoms with van der Waals surface area (Å²) in [4.78, 5) is 24.0. The van der Waals surface area contributed by atoms with E-state index in [9.17, 15) is 18.4 Å². The molecule has 0 radical (unpaired) electrons. The van der Waals surface area contributed by atoms with E-state index in [1.165, 1.54) is 13.0 Å². The summed E-state index contributed by atoms with van der Waals surface area (Å²) in [5.74, 6) is -2.71. The Kier molecular flexibility index (Phi) is 5.75. The van der Waals surface area contributed by atoms with Crippen LogP contribution in [0, 0.1) is 11.6 Å². The normalized spacial score (nSPS) is 11.7. The zero-order chi connectivity index (χ0) is 17.9. The Morgan fingerprint density at radius 3 is 2.21 bits per heavy atom. The number of esters is 1. The van der Waals surface area contributed by atoms with E-state index in [-0.39, 0.29) is 21.3 Å². The van der Waals surface area contributed by atoms with Crippen molar-refractivity contribution < 1.29 is 23.1 Å². The first-order valence-electron chi connectivity index (χ1n) is 6.70. The summed E-state index contributed by atoms with van der Waals surface area (Å²) in [5, 5.41) is 2.28. The van der Waals surface area contributed by atoms with Crippen LogP contribution in [-0.2, 0) is 9.53 Å². The molecule has 1 atom stereocenters. The minimum Gasteiger partial charge on any atom is -0.449 e. The third kappa shape index (κ3) is 4.43. The highest BCUT2D eigenvalue weighted by molar-refractivity contribution is 6.34. The second-order valence-electron chi connectivity index (χ2n) is 4.79. The lowest BCUT2D eigenvalue weighted by Gasteiger charge is -2.14. The van der Waals surface area contributed by atoms with Crippen LogP contribution in [0.25, 0.3) is 0 Å². The van der Waals surface area contributed by atoms with Crippen molar-refractivity contribution in [3.63, 3.8) is 0 Å². The third-order valence-corrected chi connectivity index (χ3v) is 3.62. The van der Waals surface area contributed by atoms with Gasteiger partial charge in [0.2, 0.25) is 0 Å². The summed E-state index contributed by atoms with van der Waals surface area (Å²) < 4.78 is 30.9. The van der Waals surface area contributed by atoms with Crippen molar-refractivity contribution in [2.24, 2.45) is 0 Å². The van der Waals surface area contributed by atoms with Crippen LogP contribution in [0.5, 0.6) is 0 Å². The largest absolute Gasteiger partial charge is 0.449 e. The first-order valence-corrected chi connectivity index (χ1v) is 7.45. The minimum atomic E-state index is -1.18. The Morgan fingerprint density at radius 1 is 1.04 bits per heavy atom. The molecule has 126 valence electrons. The molecule has 4 nitrogen and oxygen atoms in total. The van der Waals surface area contributed by atoms with Gasteiger partial charge < -0.3 is 10.1 Å². The molecule has 2 aromatic rings. The number of ether oxygens (including phenoxy) is 1. The number of anilines is 1. The first kappa shape index (κ1) is 18.2. The molecule has 1 amide bonds. The van der Waals surface area contributed by atoms with Gasteiger partial charge in [-0.2, -0.15) is 0 Å². The maximum atomic E-state index is 13.0. The van der Waals surface area contributed by atoms with Crippen molar-refractivity contribution in [1.29, 1.82) is 0 Å². The Morgan fingerprint density at radius 2 is 1.62 bits per heavy atom. The van der Waals surface area contributed by atoms with Gasteiger partial charge in [-0.25, -0.2) is 13.6 Å². The molecule has 0 spiro atoms. The molecule has 0 saturated carbocycles. The predicted molar refractivity (Wildman–Crippen MR) is 86.3 cm³/mol. The van der Waals surface area contributed by atoms with Crippen LogP contribution >= 0.6 is 23.2 Å². The van der Waals surface area contributed by atoms with Gasteiger partial charge in [0.25, 0.3) is 5.91 Å². The average molecular weight is 374 g/mol. The van der Waals surface area contributed by atoms with Gasteiger partial charge in [0.1, 0.15) is 11.6 Å². The molecule has 0 aliphatic rings. The fourth-order valence-electron chi connectivity index (χ4n) is 1.76. The highest BCUT2D eigenvalue weighted by atomic mass is 35.5. The zero-order valence-electron chi connectivity index (χ0n) is 12.3. The third-order valence-electron chi connectivity index (χ3n) is 2.99. The molecular weight excluding hydrogens is 363 g/mol. The number of rotatable bonds is 4. The van der Waals surface area contributed by atoms with Gasteiger partial charge >= 0.3 is 5.97 Å². The van der Waals surface area contributed by atoms with E-state index in [4.69, 9.17) is 27.9 Å². The first-order chi connectivity index (χ1) is 11.3. The number of benzene rings is 2. The van der Waals surface area contributed by atoms with Crippen LogP contribution in [0.2, 0.25) is 10.0 Å². The van der Waals surface area contributed by atoms with E-state index in [1.807, 2.05) is 0 Å². The number of carbonyl (C=O) groups excluding carboxylic acids is 2. The van der Waals surface area contributed by atoms with Gasteiger partial charge in [0, 0.05) is 0 Å². The molecule has 1 unspecified atom stereocenters. The molecule has 0 aliphatic heterocycles. The summed E-state index contributed by atoms with van der Waals surface area (Å²) in [7, 11) is 0. The van der Waals surface area contributed by atoms with Gasteiger partial charge in [0.15, 0.2) is 6.10 Å². The number of nitrogens with one attached hydrogen (secondary N) is 1. The van der Waals surface area contributed by atoms with Crippen molar-refractivity contribution in [1.82, 2.24) is 0 Å².